The van der Waals surface area contributed by atoms with E-state index >= 15 is 0 Å². The standard InChI is InChI=1S/C16H24N4O/c1-2-3-10-18-16(17)19-12-13-6-8-14(9-7-13)20-11-4-5-15(20)21/h6-9H,2-5,10-12H2,1H3,(H3,17,18,19). The molecule has 0 aliphatic carbocycles. The summed E-state index contributed by atoms with van der Waals surface area (Å²) < 4.78 is 0. The van der Waals surface area contributed by atoms with Gasteiger partial charge in [0.15, 0.2) is 5.96 Å². The molecule has 21 heavy (non-hydrogen) atoms. The highest BCUT2D eigenvalue weighted by Crippen LogP contribution is 2.21. The summed E-state index contributed by atoms with van der Waals surface area (Å²) in [6.45, 7) is 4.38. The Hall–Kier alpha value is -2.04. The summed E-state index contributed by atoms with van der Waals surface area (Å²) >= 11 is 0. The first-order chi connectivity index (χ1) is 10.2. The number of carbonyl (C=O) groups is 1. The van der Waals surface area contributed by atoms with Crippen molar-refractivity contribution in [3.8, 4) is 0 Å². The first-order valence-corrected chi connectivity index (χ1v) is 7.64. The van der Waals surface area contributed by atoms with Crippen LogP contribution in [0.25, 0.3) is 0 Å². The second-order valence-corrected chi connectivity index (χ2v) is 5.30. The fourth-order valence-corrected chi connectivity index (χ4v) is 2.33. The molecule has 1 aliphatic rings. The van der Waals surface area contributed by atoms with Crippen LogP contribution in [0.5, 0.6) is 0 Å². The quantitative estimate of drug-likeness (QED) is 0.478. The van der Waals surface area contributed by atoms with Gasteiger partial charge in [0.05, 0.1) is 6.54 Å². The molecule has 0 radical (unpaired) electrons. The number of aliphatic imine (C=N–C) groups is 1. The Labute approximate surface area is 126 Å². The maximum atomic E-state index is 11.7. The molecule has 0 aromatic heterocycles. The molecule has 1 aromatic carbocycles. The number of rotatable bonds is 6. The Morgan fingerprint density at radius 1 is 1.38 bits per heavy atom. The van der Waals surface area contributed by atoms with Gasteiger partial charge in [0.1, 0.15) is 0 Å². The van der Waals surface area contributed by atoms with Gasteiger partial charge in [0.2, 0.25) is 5.91 Å². The number of hydrogen-bond acceptors (Lipinski definition) is 2. The number of carbonyl (C=O) groups excluding carboxylic acids is 1. The maximum Gasteiger partial charge on any atom is 0.227 e. The predicted molar refractivity (Wildman–Crippen MR) is 86.3 cm³/mol. The SMILES string of the molecule is CCCCNC(N)=NCc1ccc(N2CCCC2=O)cc1. The smallest absolute Gasteiger partial charge is 0.227 e. The fraction of sp³-hybridized carbons (Fsp3) is 0.500. The van der Waals surface area contributed by atoms with E-state index in [0.29, 0.717) is 18.9 Å². The van der Waals surface area contributed by atoms with Crippen LogP contribution in [0.1, 0.15) is 38.2 Å². The normalized spacial score (nSPS) is 15.6. The van der Waals surface area contributed by atoms with Gasteiger partial charge in [0.25, 0.3) is 0 Å². The number of benzene rings is 1. The number of hydrogen-bond donors (Lipinski definition) is 2. The number of anilines is 1. The third kappa shape index (κ3) is 4.48. The molecule has 1 saturated heterocycles. The minimum atomic E-state index is 0.213. The Morgan fingerprint density at radius 2 is 2.14 bits per heavy atom. The zero-order valence-corrected chi connectivity index (χ0v) is 12.6. The molecule has 5 heteroatoms. The lowest BCUT2D eigenvalue weighted by Crippen LogP contribution is -2.32. The van der Waals surface area contributed by atoms with Crippen LogP contribution in [0.4, 0.5) is 5.69 Å². The molecular weight excluding hydrogens is 264 g/mol. The molecule has 5 nitrogen and oxygen atoms in total. The van der Waals surface area contributed by atoms with Crippen LogP contribution in [-0.2, 0) is 11.3 Å². The second-order valence-electron chi connectivity index (χ2n) is 5.30. The maximum absolute atomic E-state index is 11.7. The summed E-state index contributed by atoms with van der Waals surface area (Å²) in [7, 11) is 0. The van der Waals surface area contributed by atoms with Gasteiger partial charge in [-0.15, -0.1) is 0 Å². The van der Waals surface area contributed by atoms with Crippen molar-refractivity contribution < 1.29 is 4.79 Å². The third-order valence-electron chi connectivity index (χ3n) is 3.59. The molecule has 1 heterocycles. The number of guanidine groups is 1. The Morgan fingerprint density at radius 3 is 2.76 bits per heavy atom. The van der Waals surface area contributed by atoms with Gasteiger partial charge in [-0.25, -0.2) is 4.99 Å². The van der Waals surface area contributed by atoms with Crippen LogP contribution in [-0.4, -0.2) is 25.0 Å². The van der Waals surface area contributed by atoms with Crippen LogP contribution < -0.4 is 16.0 Å². The summed E-state index contributed by atoms with van der Waals surface area (Å²) in [5.41, 5.74) is 7.86. The van der Waals surface area contributed by atoms with Crippen molar-refractivity contribution in [3.05, 3.63) is 29.8 Å². The topological polar surface area (TPSA) is 70.7 Å². The number of nitrogens with zero attached hydrogens (tertiary/aromatic N) is 2. The zero-order valence-electron chi connectivity index (χ0n) is 12.6. The molecule has 3 N–H and O–H groups in total. The van der Waals surface area contributed by atoms with Crippen molar-refractivity contribution in [2.24, 2.45) is 10.7 Å². The van der Waals surface area contributed by atoms with E-state index < -0.39 is 0 Å². The lowest BCUT2D eigenvalue weighted by atomic mass is 10.2. The monoisotopic (exact) mass is 288 g/mol. The summed E-state index contributed by atoms with van der Waals surface area (Å²) in [5, 5.41) is 3.09. The number of amides is 1. The highest BCUT2D eigenvalue weighted by atomic mass is 16.2. The van der Waals surface area contributed by atoms with Gasteiger partial charge >= 0.3 is 0 Å². The Balaban J connectivity index is 1.87. The van der Waals surface area contributed by atoms with E-state index in [1.54, 1.807) is 0 Å². The first kappa shape index (κ1) is 15.4. The minimum Gasteiger partial charge on any atom is -0.370 e. The van der Waals surface area contributed by atoms with Crippen LogP contribution in [0.2, 0.25) is 0 Å². The van der Waals surface area contributed by atoms with Gasteiger partial charge in [-0.05, 0) is 30.5 Å². The first-order valence-electron chi connectivity index (χ1n) is 7.64. The summed E-state index contributed by atoms with van der Waals surface area (Å²) in [5.74, 6) is 0.701. The molecule has 2 rings (SSSR count). The largest absolute Gasteiger partial charge is 0.370 e. The van der Waals surface area contributed by atoms with Crippen LogP contribution in [0.15, 0.2) is 29.3 Å². The average Bonchev–Trinajstić information content (AvgIpc) is 2.92. The lowest BCUT2D eigenvalue weighted by molar-refractivity contribution is -0.117. The van der Waals surface area contributed by atoms with Crippen molar-refractivity contribution in [2.75, 3.05) is 18.0 Å². The molecule has 0 bridgehead atoms. The van der Waals surface area contributed by atoms with E-state index in [1.165, 1.54) is 0 Å². The van der Waals surface area contributed by atoms with E-state index in [0.717, 1.165) is 43.6 Å². The van der Waals surface area contributed by atoms with Gasteiger partial charge < -0.3 is 16.0 Å². The van der Waals surface area contributed by atoms with Crippen molar-refractivity contribution >= 4 is 17.6 Å². The molecule has 0 spiro atoms. The van der Waals surface area contributed by atoms with Gasteiger partial charge in [-0.3, -0.25) is 4.79 Å². The van der Waals surface area contributed by atoms with Crippen LogP contribution in [0.3, 0.4) is 0 Å². The van der Waals surface area contributed by atoms with Crippen molar-refractivity contribution in [1.82, 2.24) is 5.32 Å². The highest BCUT2D eigenvalue weighted by Gasteiger charge is 2.21. The van der Waals surface area contributed by atoms with E-state index in [1.807, 2.05) is 29.2 Å². The molecule has 0 saturated carbocycles. The summed E-state index contributed by atoms with van der Waals surface area (Å²) in [6, 6.07) is 7.97. The van der Waals surface area contributed by atoms with Crippen LogP contribution in [0, 0.1) is 0 Å². The molecular formula is C16H24N4O. The van der Waals surface area contributed by atoms with Crippen molar-refractivity contribution in [2.45, 2.75) is 39.2 Å². The highest BCUT2D eigenvalue weighted by molar-refractivity contribution is 5.95. The molecule has 1 fully saturated rings. The van der Waals surface area contributed by atoms with E-state index in [2.05, 4.69) is 17.2 Å². The molecule has 1 amide bonds. The molecule has 0 atom stereocenters. The van der Waals surface area contributed by atoms with E-state index in [9.17, 15) is 4.79 Å². The average molecular weight is 288 g/mol. The van der Waals surface area contributed by atoms with E-state index in [4.69, 9.17) is 5.73 Å². The van der Waals surface area contributed by atoms with Gasteiger partial charge in [-0.2, -0.15) is 0 Å². The molecule has 114 valence electrons. The zero-order chi connectivity index (χ0) is 15.1. The predicted octanol–water partition coefficient (Wildman–Crippen LogP) is 2.02. The Bertz CT molecular complexity index is 496. The Kier molecular flexibility index (Phi) is 5.60. The van der Waals surface area contributed by atoms with Crippen molar-refractivity contribution in [1.29, 1.82) is 0 Å². The third-order valence-corrected chi connectivity index (χ3v) is 3.59. The van der Waals surface area contributed by atoms with Crippen LogP contribution >= 0.6 is 0 Å². The van der Waals surface area contributed by atoms with E-state index in [-0.39, 0.29) is 5.91 Å². The molecule has 0 unspecified atom stereocenters. The molecule has 1 aromatic rings. The fourth-order valence-electron chi connectivity index (χ4n) is 2.33. The minimum absolute atomic E-state index is 0.213. The number of nitrogens with one attached hydrogen (secondary N) is 1. The van der Waals surface area contributed by atoms with Crippen molar-refractivity contribution in [3.63, 3.8) is 0 Å². The van der Waals surface area contributed by atoms with Gasteiger partial charge in [-0.1, -0.05) is 25.5 Å². The lowest BCUT2D eigenvalue weighted by Gasteiger charge is -2.15. The molecule has 1 aliphatic heterocycles. The summed E-state index contributed by atoms with van der Waals surface area (Å²) in [4.78, 5) is 17.8. The number of unbranched alkanes of at least 4 members (excludes halogenated alkanes) is 1. The van der Waals surface area contributed by atoms with Gasteiger partial charge in [0, 0.05) is 25.2 Å². The number of nitrogens with two attached hydrogens (primary N) is 1. The summed E-state index contributed by atoms with van der Waals surface area (Å²) in [6.07, 6.45) is 3.84. The second kappa shape index (κ2) is 7.67.